The van der Waals surface area contributed by atoms with Crippen molar-refractivity contribution in [2.75, 3.05) is 6.54 Å². The molecule has 0 unspecified atom stereocenters. The maximum atomic E-state index is 12.3. The van der Waals surface area contributed by atoms with E-state index in [1.165, 1.54) is 10.6 Å². The minimum Gasteiger partial charge on any atom is -0.267 e. The van der Waals surface area contributed by atoms with Crippen LogP contribution < -0.4 is 0 Å². The van der Waals surface area contributed by atoms with Gasteiger partial charge in [0.2, 0.25) is 0 Å². The van der Waals surface area contributed by atoms with Crippen LogP contribution >= 0.6 is 0 Å². The summed E-state index contributed by atoms with van der Waals surface area (Å²) < 4.78 is 0. The Morgan fingerprint density at radius 1 is 1.23 bits per heavy atom. The molecule has 0 saturated heterocycles. The van der Waals surface area contributed by atoms with Crippen LogP contribution in [0.1, 0.15) is 41.3 Å². The molecular formula is C18H19N3O. The summed E-state index contributed by atoms with van der Waals surface area (Å²) in [5.74, 6) is -0.0919. The highest BCUT2D eigenvalue weighted by Crippen LogP contribution is 2.17. The van der Waals surface area contributed by atoms with Crippen molar-refractivity contribution >= 4 is 11.6 Å². The quantitative estimate of drug-likeness (QED) is 0.868. The molecule has 0 N–H and O–H groups in total. The highest BCUT2D eigenvalue weighted by atomic mass is 16.2. The van der Waals surface area contributed by atoms with Crippen LogP contribution in [0.25, 0.3) is 0 Å². The van der Waals surface area contributed by atoms with Crippen LogP contribution in [0.15, 0.2) is 53.9 Å². The van der Waals surface area contributed by atoms with E-state index in [2.05, 4.69) is 41.3 Å². The van der Waals surface area contributed by atoms with E-state index in [0.717, 1.165) is 30.5 Å². The SMILES string of the molecule is CCCc1ccc(C2=NN(C(=O)c3cccnc3)CC2)cc1. The molecule has 1 aliphatic rings. The number of amides is 1. The van der Waals surface area contributed by atoms with Crippen LogP contribution in [0.3, 0.4) is 0 Å². The first-order valence-electron chi connectivity index (χ1n) is 7.66. The van der Waals surface area contributed by atoms with Crippen LogP contribution in [-0.2, 0) is 6.42 Å². The molecule has 3 rings (SSSR count). The lowest BCUT2D eigenvalue weighted by Crippen LogP contribution is -2.23. The lowest BCUT2D eigenvalue weighted by Gasteiger charge is -2.10. The van der Waals surface area contributed by atoms with E-state index in [-0.39, 0.29) is 5.91 Å². The molecule has 0 bridgehead atoms. The summed E-state index contributed by atoms with van der Waals surface area (Å²) in [5, 5.41) is 6.02. The van der Waals surface area contributed by atoms with Gasteiger partial charge in [0.05, 0.1) is 17.8 Å². The molecule has 0 saturated carbocycles. The molecule has 112 valence electrons. The van der Waals surface area contributed by atoms with Gasteiger partial charge < -0.3 is 0 Å². The van der Waals surface area contributed by atoms with Gasteiger partial charge in [0.25, 0.3) is 5.91 Å². The summed E-state index contributed by atoms with van der Waals surface area (Å²) in [6, 6.07) is 12.0. The third-order valence-corrected chi connectivity index (χ3v) is 3.77. The van der Waals surface area contributed by atoms with Gasteiger partial charge in [-0.15, -0.1) is 0 Å². The predicted molar refractivity (Wildman–Crippen MR) is 86.9 cm³/mol. The van der Waals surface area contributed by atoms with Gasteiger partial charge in [0, 0.05) is 18.8 Å². The first kappa shape index (κ1) is 14.4. The zero-order valence-electron chi connectivity index (χ0n) is 12.7. The third kappa shape index (κ3) is 3.06. The first-order valence-corrected chi connectivity index (χ1v) is 7.66. The van der Waals surface area contributed by atoms with E-state index >= 15 is 0 Å². The molecular weight excluding hydrogens is 274 g/mol. The Morgan fingerprint density at radius 2 is 2.05 bits per heavy atom. The molecule has 4 heteroatoms. The largest absolute Gasteiger partial charge is 0.275 e. The Hall–Kier alpha value is -2.49. The highest BCUT2D eigenvalue weighted by Gasteiger charge is 2.22. The Balaban J connectivity index is 1.75. The predicted octanol–water partition coefficient (Wildman–Crippen LogP) is 3.28. The van der Waals surface area contributed by atoms with E-state index in [0.29, 0.717) is 12.1 Å². The van der Waals surface area contributed by atoms with Gasteiger partial charge in [-0.3, -0.25) is 9.78 Å². The molecule has 4 nitrogen and oxygen atoms in total. The molecule has 2 aromatic rings. The summed E-state index contributed by atoms with van der Waals surface area (Å²) in [4.78, 5) is 16.3. The Kier molecular flexibility index (Phi) is 4.28. The molecule has 22 heavy (non-hydrogen) atoms. The number of aryl methyl sites for hydroxylation is 1. The lowest BCUT2D eigenvalue weighted by molar-refractivity contribution is 0.0778. The summed E-state index contributed by atoms with van der Waals surface area (Å²) in [6.07, 6.45) is 6.27. The molecule has 0 fully saturated rings. The monoisotopic (exact) mass is 293 g/mol. The lowest BCUT2D eigenvalue weighted by atomic mass is 10.0. The second kappa shape index (κ2) is 6.52. The summed E-state index contributed by atoms with van der Waals surface area (Å²) in [7, 11) is 0. The number of hydrogen-bond donors (Lipinski definition) is 0. The normalized spacial score (nSPS) is 14.0. The topological polar surface area (TPSA) is 45.6 Å². The van der Waals surface area contributed by atoms with E-state index in [4.69, 9.17) is 0 Å². The van der Waals surface area contributed by atoms with Gasteiger partial charge in [-0.25, -0.2) is 5.01 Å². The number of nitrogens with zero attached hydrogens (tertiary/aromatic N) is 3. The van der Waals surface area contributed by atoms with Crippen LogP contribution in [0.5, 0.6) is 0 Å². The standard InChI is InChI=1S/C18H19N3O/c1-2-4-14-6-8-15(9-7-14)17-10-12-21(20-17)18(22)16-5-3-11-19-13-16/h3,5-9,11,13H,2,4,10,12H2,1H3. The zero-order valence-corrected chi connectivity index (χ0v) is 12.7. The van der Waals surface area contributed by atoms with Gasteiger partial charge in [0.15, 0.2) is 0 Å². The second-order valence-corrected chi connectivity index (χ2v) is 5.41. The molecule has 1 amide bonds. The van der Waals surface area contributed by atoms with E-state index in [1.54, 1.807) is 24.5 Å². The number of pyridine rings is 1. The fraction of sp³-hybridized carbons (Fsp3) is 0.278. The number of carbonyl (C=O) groups excluding carboxylic acids is 1. The summed E-state index contributed by atoms with van der Waals surface area (Å²) in [5.41, 5.74) is 3.99. The number of aromatic nitrogens is 1. The Labute approximate surface area is 130 Å². The summed E-state index contributed by atoms with van der Waals surface area (Å²) >= 11 is 0. The van der Waals surface area contributed by atoms with Gasteiger partial charge in [0.1, 0.15) is 0 Å². The number of benzene rings is 1. The maximum absolute atomic E-state index is 12.3. The van der Waals surface area contributed by atoms with Crippen LogP contribution in [-0.4, -0.2) is 28.2 Å². The molecule has 0 spiro atoms. The van der Waals surface area contributed by atoms with Crippen molar-refractivity contribution in [3.63, 3.8) is 0 Å². The van der Waals surface area contributed by atoms with Crippen molar-refractivity contribution in [2.45, 2.75) is 26.2 Å². The van der Waals surface area contributed by atoms with Crippen molar-refractivity contribution in [1.29, 1.82) is 0 Å². The molecule has 2 heterocycles. The van der Waals surface area contributed by atoms with Crippen LogP contribution in [0.4, 0.5) is 0 Å². The van der Waals surface area contributed by atoms with E-state index in [1.807, 2.05) is 0 Å². The first-order chi connectivity index (χ1) is 10.8. The second-order valence-electron chi connectivity index (χ2n) is 5.41. The van der Waals surface area contributed by atoms with Crippen LogP contribution in [0, 0.1) is 0 Å². The average Bonchev–Trinajstić information content (AvgIpc) is 3.06. The zero-order chi connectivity index (χ0) is 15.4. The Morgan fingerprint density at radius 3 is 2.73 bits per heavy atom. The Bertz CT molecular complexity index is 677. The van der Waals surface area contributed by atoms with Gasteiger partial charge in [-0.1, -0.05) is 37.6 Å². The van der Waals surface area contributed by atoms with Gasteiger partial charge in [-0.2, -0.15) is 5.10 Å². The molecule has 1 aromatic heterocycles. The smallest absolute Gasteiger partial charge is 0.267 e. The number of rotatable bonds is 4. The van der Waals surface area contributed by atoms with Crippen molar-refractivity contribution in [1.82, 2.24) is 9.99 Å². The molecule has 0 atom stereocenters. The maximum Gasteiger partial charge on any atom is 0.275 e. The number of hydrazone groups is 1. The minimum atomic E-state index is -0.0919. The summed E-state index contributed by atoms with van der Waals surface area (Å²) in [6.45, 7) is 2.80. The van der Waals surface area contributed by atoms with E-state index in [9.17, 15) is 4.79 Å². The van der Waals surface area contributed by atoms with Crippen LogP contribution in [0.2, 0.25) is 0 Å². The molecule has 0 radical (unpaired) electrons. The number of hydrogen-bond acceptors (Lipinski definition) is 3. The van der Waals surface area contributed by atoms with Crippen molar-refractivity contribution in [2.24, 2.45) is 5.10 Å². The molecule has 1 aromatic carbocycles. The van der Waals surface area contributed by atoms with Crippen molar-refractivity contribution < 1.29 is 4.79 Å². The van der Waals surface area contributed by atoms with Crippen molar-refractivity contribution in [3.05, 3.63) is 65.5 Å². The van der Waals surface area contributed by atoms with E-state index < -0.39 is 0 Å². The molecule has 1 aliphatic heterocycles. The van der Waals surface area contributed by atoms with Crippen molar-refractivity contribution in [3.8, 4) is 0 Å². The van der Waals surface area contributed by atoms with Gasteiger partial charge >= 0.3 is 0 Å². The fourth-order valence-corrected chi connectivity index (χ4v) is 2.60. The highest BCUT2D eigenvalue weighted by molar-refractivity contribution is 6.04. The van der Waals surface area contributed by atoms with Gasteiger partial charge in [-0.05, 0) is 29.7 Å². The minimum absolute atomic E-state index is 0.0919. The number of carbonyl (C=O) groups is 1. The third-order valence-electron chi connectivity index (χ3n) is 3.77. The molecule has 0 aliphatic carbocycles. The fourth-order valence-electron chi connectivity index (χ4n) is 2.60. The average molecular weight is 293 g/mol.